The van der Waals surface area contributed by atoms with Gasteiger partial charge in [0.05, 0.1) is 5.56 Å². The molecule has 2 aromatic carbocycles. The van der Waals surface area contributed by atoms with E-state index in [2.05, 4.69) is 0 Å². The van der Waals surface area contributed by atoms with Crippen LogP contribution in [0.5, 0.6) is 0 Å². The van der Waals surface area contributed by atoms with Crippen LogP contribution >= 0.6 is 11.6 Å². The van der Waals surface area contributed by atoms with Crippen molar-refractivity contribution in [2.24, 2.45) is 0 Å². The molecule has 1 aliphatic heterocycles. The summed E-state index contributed by atoms with van der Waals surface area (Å²) < 4.78 is 14.0. The van der Waals surface area contributed by atoms with Crippen molar-refractivity contribution in [2.75, 3.05) is 39.3 Å². The molecule has 31 heavy (non-hydrogen) atoms. The zero-order valence-electron chi connectivity index (χ0n) is 17.6. The Bertz CT molecular complexity index is 969. The van der Waals surface area contributed by atoms with Crippen molar-refractivity contribution in [3.05, 3.63) is 70.0 Å². The summed E-state index contributed by atoms with van der Waals surface area (Å²) in [7, 11) is 0. The molecule has 0 aromatic heterocycles. The maximum Gasteiger partial charge on any atom is 0.257 e. The Morgan fingerprint density at radius 1 is 0.871 bits per heavy atom. The molecule has 0 aliphatic carbocycles. The van der Waals surface area contributed by atoms with Crippen LogP contribution in [0.25, 0.3) is 0 Å². The van der Waals surface area contributed by atoms with Gasteiger partial charge in [0.1, 0.15) is 5.82 Å². The normalized spacial score (nSPS) is 13.8. The number of carbonyl (C=O) groups excluding carboxylic acids is 3. The summed E-state index contributed by atoms with van der Waals surface area (Å²) in [6, 6.07) is 10.5. The van der Waals surface area contributed by atoms with Gasteiger partial charge >= 0.3 is 0 Å². The van der Waals surface area contributed by atoms with Gasteiger partial charge in [-0.15, -0.1) is 0 Å². The summed E-state index contributed by atoms with van der Waals surface area (Å²) >= 11 is 5.88. The highest BCUT2D eigenvalue weighted by Crippen LogP contribution is 2.18. The number of halogens is 2. The zero-order chi connectivity index (χ0) is 22.5. The quantitative estimate of drug-likeness (QED) is 0.707. The molecule has 0 atom stereocenters. The number of piperazine rings is 1. The van der Waals surface area contributed by atoms with E-state index in [4.69, 9.17) is 11.6 Å². The molecule has 3 rings (SSSR count). The number of carbonyl (C=O) groups is 3. The summed E-state index contributed by atoms with van der Waals surface area (Å²) in [6.45, 7) is 6.37. The molecule has 6 nitrogen and oxygen atoms in total. The molecule has 2 aromatic rings. The Morgan fingerprint density at radius 3 is 1.94 bits per heavy atom. The van der Waals surface area contributed by atoms with E-state index in [1.807, 2.05) is 13.8 Å². The van der Waals surface area contributed by atoms with E-state index in [1.54, 1.807) is 34.1 Å². The largest absolute Gasteiger partial charge is 0.339 e. The van der Waals surface area contributed by atoms with Crippen molar-refractivity contribution < 1.29 is 18.8 Å². The van der Waals surface area contributed by atoms with Gasteiger partial charge in [0, 0.05) is 55.4 Å². The molecule has 0 unspecified atom stereocenters. The minimum absolute atomic E-state index is 0.0654. The van der Waals surface area contributed by atoms with E-state index in [-0.39, 0.29) is 17.4 Å². The molecule has 0 bridgehead atoms. The van der Waals surface area contributed by atoms with E-state index in [9.17, 15) is 18.8 Å². The molecule has 1 aliphatic rings. The summed E-state index contributed by atoms with van der Waals surface area (Å²) in [5.74, 6) is -1.29. The van der Waals surface area contributed by atoms with Gasteiger partial charge in [-0.2, -0.15) is 0 Å². The van der Waals surface area contributed by atoms with Gasteiger partial charge < -0.3 is 14.7 Å². The fourth-order valence-corrected chi connectivity index (χ4v) is 3.75. The predicted octanol–water partition coefficient (Wildman–Crippen LogP) is 3.56. The lowest BCUT2D eigenvalue weighted by Crippen LogP contribution is -2.50. The van der Waals surface area contributed by atoms with E-state index in [0.717, 1.165) is 0 Å². The van der Waals surface area contributed by atoms with Crippen LogP contribution in [0.1, 0.15) is 44.9 Å². The lowest BCUT2D eigenvalue weighted by Gasteiger charge is -2.35. The SMILES string of the molecule is CCN(CC)C(=O)c1ccc(C(=O)N2CCN(C(=O)c3cc(Cl)ccc3F)CC2)cc1. The number of hydrogen-bond acceptors (Lipinski definition) is 3. The monoisotopic (exact) mass is 445 g/mol. The first-order chi connectivity index (χ1) is 14.8. The topological polar surface area (TPSA) is 60.9 Å². The zero-order valence-corrected chi connectivity index (χ0v) is 18.4. The van der Waals surface area contributed by atoms with Crippen molar-refractivity contribution in [3.63, 3.8) is 0 Å². The number of amides is 3. The molecule has 0 spiro atoms. The maximum atomic E-state index is 14.0. The Kier molecular flexibility index (Phi) is 7.28. The average Bonchev–Trinajstić information content (AvgIpc) is 2.80. The van der Waals surface area contributed by atoms with E-state index >= 15 is 0 Å². The number of rotatable bonds is 5. The van der Waals surface area contributed by atoms with Crippen LogP contribution in [0.15, 0.2) is 42.5 Å². The second kappa shape index (κ2) is 9.92. The predicted molar refractivity (Wildman–Crippen MR) is 117 cm³/mol. The molecule has 0 saturated carbocycles. The van der Waals surface area contributed by atoms with Gasteiger partial charge in [0.25, 0.3) is 17.7 Å². The van der Waals surface area contributed by atoms with Crippen molar-refractivity contribution in [2.45, 2.75) is 13.8 Å². The smallest absolute Gasteiger partial charge is 0.257 e. The fraction of sp³-hybridized carbons (Fsp3) is 0.348. The van der Waals surface area contributed by atoms with Crippen molar-refractivity contribution in [1.82, 2.24) is 14.7 Å². The van der Waals surface area contributed by atoms with Crippen LogP contribution in [-0.2, 0) is 0 Å². The van der Waals surface area contributed by atoms with Gasteiger partial charge in [0.2, 0.25) is 0 Å². The van der Waals surface area contributed by atoms with Gasteiger partial charge in [-0.3, -0.25) is 14.4 Å². The van der Waals surface area contributed by atoms with Crippen LogP contribution < -0.4 is 0 Å². The van der Waals surface area contributed by atoms with Crippen molar-refractivity contribution in [3.8, 4) is 0 Å². The van der Waals surface area contributed by atoms with E-state index in [1.165, 1.54) is 23.1 Å². The summed E-state index contributed by atoms with van der Waals surface area (Å²) in [6.07, 6.45) is 0. The second-order valence-corrected chi connectivity index (χ2v) is 7.70. The molecule has 3 amide bonds. The van der Waals surface area contributed by atoms with Crippen LogP contribution in [-0.4, -0.2) is 71.7 Å². The highest BCUT2D eigenvalue weighted by atomic mass is 35.5. The Hall–Kier alpha value is -2.93. The van der Waals surface area contributed by atoms with Gasteiger partial charge in [-0.25, -0.2) is 4.39 Å². The maximum absolute atomic E-state index is 14.0. The first-order valence-corrected chi connectivity index (χ1v) is 10.7. The standard InChI is InChI=1S/C23H25ClFN3O3/c1-3-26(4-2)21(29)16-5-7-17(8-6-16)22(30)27-11-13-28(14-12-27)23(31)19-15-18(24)9-10-20(19)25/h5-10,15H,3-4,11-14H2,1-2H3. The number of hydrogen-bond donors (Lipinski definition) is 0. The third-order valence-corrected chi connectivity index (χ3v) is 5.68. The van der Waals surface area contributed by atoms with E-state index in [0.29, 0.717) is 55.4 Å². The first kappa shape index (κ1) is 22.7. The summed E-state index contributed by atoms with van der Waals surface area (Å²) in [5, 5.41) is 0.293. The fourth-order valence-electron chi connectivity index (χ4n) is 3.58. The highest BCUT2D eigenvalue weighted by Gasteiger charge is 2.27. The molecule has 0 radical (unpaired) electrons. The lowest BCUT2D eigenvalue weighted by molar-refractivity contribution is 0.0533. The van der Waals surface area contributed by atoms with Crippen molar-refractivity contribution in [1.29, 1.82) is 0 Å². The molecule has 1 fully saturated rings. The molecule has 164 valence electrons. The van der Waals surface area contributed by atoms with Crippen LogP contribution in [0.3, 0.4) is 0 Å². The molecular weight excluding hydrogens is 421 g/mol. The second-order valence-electron chi connectivity index (χ2n) is 7.26. The average molecular weight is 446 g/mol. The number of benzene rings is 2. The Labute approximate surface area is 186 Å². The minimum Gasteiger partial charge on any atom is -0.339 e. The molecule has 0 N–H and O–H groups in total. The highest BCUT2D eigenvalue weighted by molar-refractivity contribution is 6.31. The van der Waals surface area contributed by atoms with Crippen LogP contribution in [0.2, 0.25) is 5.02 Å². The van der Waals surface area contributed by atoms with E-state index < -0.39 is 11.7 Å². The molecular formula is C23H25ClFN3O3. The third-order valence-electron chi connectivity index (χ3n) is 5.44. The van der Waals surface area contributed by atoms with Crippen molar-refractivity contribution >= 4 is 29.3 Å². The summed E-state index contributed by atoms with van der Waals surface area (Å²) in [5.41, 5.74) is 0.955. The van der Waals surface area contributed by atoms with Crippen LogP contribution in [0.4, 0.5) is 4.39 Å². The van der Waals surface area contributed by atoms with Gasteiger partial charge in [-0.1, -0.05) is 11.6 Å². The molecule has 8 heteroatoms. The van der Waals surface area contributed by atoms with Crippen LogP contribution in [0, 0.1) is 5.82 Å². The minimum atomic E-state index is -0.618. The number of nitrogens with zero attached hydrogens (tertiary/aromatic N) is 3. The lowest BCUT2D eigenvalue weighted by atomic mass is 10.1. The molecule has 1 saturated heterocycles. The Morgan fingerprint density at radius 2 is 1.39 bits per heavy atom. The molecule has 1 heterocycles. The Balaban J connectivity index is 1.62. The van der Waals surface area contributed by atoms with Gasteiger partial charge in [-0.05, 0) is 56.3 Å². The first-order valence-electron chi connectivity index (χ1n) is 10.3. The van der Waals surface area contributed by atoms with Gasteiger partial charge in [0.15, 0.2) is 0 Å². The third kappa shape index (κ3) is 5.05. The summed E-state index contributed by atoms with van der Waals surface area (Å²) in [4.78, 5) is 42.7.